The molecule has 0 saturated carbocycles. The molecule has 4 N–H and O–H groups in total. The van der Waals surface area contributed by atoms with Gasteiger partial charge < -0.3 is 10.1 Å². The number of aryl methyl sites for hydroxylation is 1. The molecule has 29 heavy (non-hydrogen) atoms. The van der Waals surface area contributed by atoms with Crippen molar-refractivity contribution in [2.75, 3.05) is 23.2 Å². The molecule has 0 spiro atoms. The van der Waals surface area contributed by atoms with Crippen LogP contribution in [0.3, 0.4) is 0 Å². The van der Waals surface area contributed by atoms with Crippen LogP contribution in [-0.4, -0.2) is 32.9 Å². The number of rotatable bonds is 7. The van der Waals surface area contributed by atoms with Gasteiger partial charge in [-0.2, -0.15) is 0 Å². The lowest BCUT2D eigenvalue weighted by molar-refractivity contribution is -0.119. The third-order valence-electron chi connectivity index (χ3n) is 4.41. The topological polar surface area (TPSA) is 109 Å². The molecule has 156 valence electrons. The summed E-state index contributed by atoms with van der Waals surface area (Å²) < 4.78 is 47.4. The van der Waals surface area contributed by atoms with Crippen molar-refractivity contribution in [1.82, 2.24) is 10.9 Å². The van der Waals surface area contributed by atoms with Crippen molar-refractivity contribution in [3.8, 4) is 5.75 Å². The lowest BCUT2D eigenvalue weighted by Crippen LogP contribution is -2.45. The minimum atomic E-state index is -3.96. The zero-order chi connectivity index (χ0) is 21.0. The molecule has 1 heterocycles. The second kappa shape index (κ2) is 8.76. The van der Waals surface area contributed by atoms with E-state index in [1.165, 1.54) is 12.1 Å². The second-order valence-electron chi connectivity index (χ2n) is 6.63. The molecule has 0 aromatic heterocycles. The number of sulfonamides is 1. The SMILES string of the molecule is CCOc1ccc(NS(=O)(=O)C2NNCC2C(=O)Nc2ccc(C)cc2F)cc1. The van der Waals surface area contributed by atoms with Crippen molar-refractivity contribution in [1.29, 1.82) is 0 Å². The van der Waals surface area contributed by atoms with Gasteiger partial charge in [0.25, 0.3) is 10.0 Å². The van der Waals surface area contributed by atoms with Crippen LogP contribution in [0.25, 0.3) is 0 Å². The second-order valence-corrected chi connectivity index (χ2v) is 8.43. The fourth-order valence-corrected chi connectivity index (χ4v) is 4.44. The van der Waals surface area contributed by atoms with Crippen molar-refractivity contribution >= 4 is 27.3 Å². The maximum absolute atomic E-state index is 14.0. The van der Waals surface area contributed by atoms with Gasteiger partial charge in [0.05, 0.1) is 18.2 Å². The number of hydrazine groups is 1. The highest BCUT2D eigenvalue weighted by Gasteiger charge is 2.42. The summed E-state index contributed by atoms with van der Waals surface area (Å²) in [6, 6.07) is 10.8. The van der Waals surface area contributed by atoms with E-state index in [-0.39, 0.29) is 12.2 Å². The largest absolute Gasteiger partial charge is 0.494 e. The van der Waals surface area contributed by atoms with Crippen LogP contribution in [-0.2, 0) is 14.8 Å². The van der Waals surface area contributed by atoms with Gasteiger partial charge in [-0.15, -0.1) is 0 Å². The Morgan fingerprint density at radius 3 is 2.62 bits per heavy atom. The maximum Gasteiger partial charge on any atom is 0.250 e. The summed E-state index contributed by atoms with van der Waals surface area (Å²) in [5, 5.41) is 1.23. The van der Waals surface area contributed by atoms with E-state index in [1.54, 1.807) is 37.3 Å². The minimum Gasteiger partial charge on any atom is -0.494 e. The van der Waals surface area contributed by atoms with E-state index in [0.29, 0.717) is 23.6 Å². The molecule has 0 bridgehead atoms. The number of hydrogen-bond donors (Lipinski definition) is 4. The summed E-state index contributed by atoms with van der Waals surface area (Å²) in [5.74, 6) is -1.53. The summed E-state index contributed by atoms with van der Waals surface area (Å²) in [6.07, 6.45) is 0. The number of ether oxygens (including phenoxy) is 1. The Kier molecular flexibility index (Phi) is 6.36. The molecule has 2 atom stereocenters. The zero-order valence-electron chi connectivity index (χ0n) is 16.0. The fourth-order valence-electron chi connectivity index (χ4n) is 2.96. The lowest BCUT2D eigenvalue weighted by Gasteiger charge is -2.20. The number of hydrogen-bond acceptors (Lipinski definition) is 6. The van der Waals surface area contributed by atoms with E-state index >= 15 is 0 Å². The molecule has 1 amide bonds. The lowest BCUT2D eigenvalue weighted by atomic mass is 10.1. The molecule has 8 nitrogen and oxygen atoms in total. The van der Waals surface area contributed by atoms with Crippen LogP contribution in [0.1, 0.15) is 12.5 Å². The predicted molar refractivity (Wildman–Crippen MR) is 108 cm³/mol. The Morgan fingerprint density at radius 2 is 1.97 bits per heavy atom. The van der Waals surface area contributed by atoms with Gasteiger partial charge in [-0.25, -0.2) is 18.2 Å². The summed E-state index contributed by atoms with van der Waals surface area (Å²) in [7, 11) is -3.96. The Labute approximate surface area is 168 Å². The molecular weight excluding hydrogens is 399 g/mol. The van der Waals surface area contributed by atoms with Crippen molar-refractivity contribution in [2.45, 2.75) is 19.2 Å². The summed E-state index contributed by atoms with van der Waals surface area (Å²) in [4.78, 5) is 12.6. The Balaban J connectivity index is 1.71. The monoisotopic (exact) mass is 422 g/mol. The smallest absolute Gasteiger partial charge is 0.250 e. The van der Waals surface area contributed by atoms with E-state index in [1.807, 2.05) is 6.92 Å². The van der Waals surface area contributed by atoms with Gasteiger partial charge in [-0.1, -0.05) is 6.07 Å². The van der Waals surface area contributed by atoms with Crippen LogP contribution in [0.15, 0.2) is 42.5 Å². The number of nitrogens with one attached hydrogen (secondary N) is 4. The number of anilines is 2. The Hall–Kier alpha value is -2.69. The van der Waals surface area contributed by atoms with Crippen molar-refractivity contribution in [3.63, 3.8) is 0 Å². The molecule has 2 aromatic rings. The van der Waals surface area contributed by atoms with Gasteiger partial charge in [0.15, 0.2) is 5.37 Å². The quantitative estimate of drug-likeness (QED) is 0.543. The third kappa shape index (κ3) is 5.03. The molecule has 0 aliphatic carbocycles. The van der Waals surface area contributed by atoms with Gasteiger partial charge in [-0.3, -0.25) is 14.9 Å². The van der Waals surface area contributed by atoms with Gasteiger partial charge in [-0.05, 0) is 55.8 Å². The van der Waals surface area contributed by atoms with Crippen LogP contribution in [0.5, 0.6) is 5.75 Å². The highest BCUT2D eigenvalue weighted by molar-refractivity contribution is 7.93. The van der Waals surface area contributed by atoms with Crippen LogP contribution in [0.4, 0.5) is 15.8 Å². The van der Waals surface area contributed by atoms with Crippen LogP contribution in [0, 0.1) is 18.7 Å². The fraction of sp³-hybridized carbons (Fsp3) is 0.316. The summed E-state index contributed by atoms with van der Waals surface area (Å²) in [5.41, 5.74) is 6.35. The van der Waals surface area contributed by atoms with Gasteiger partial charge in [0.2, 0.25) is 5.91 Å². The first-order valence-corrected chi connectivity index (χ1v) is 10.6. The van der Waals surface area contributed by atoms with Crippen molar-refractivity contribution < 1.29 is 22.3 Å². The molecular formula is C19H23FN4O4S. The molecule has 0 radical (unpaired) electrons. The molecule has 3 rings (SSSR count). The van der Waals surface area contributed by atoms with Crippen LogP contribution in [0.2, 0.25) is 0 Å². The van der Waals surface area contributed by atoms with E-state index in [4.69, 9.17) is 4.74 Å². The average Bonchev–Trinajstić information content (AvgIpc) is 3.17. The molecule has 1 aliphatic heterocycles. The number of carbonyl (C=O) groups is 1. The number of amides is 1. The van der Waals surface area contributed by atoms with Crippen LogP contribution >= 0.6 is 0 Å². The first-order valence-electron chi connectivity index (χ1n) is 9.10. The number of carbonyl (C=O) groups excluding carboxylic acids is 1. The molecule has 2 unspecified atom stereocenters. The van der Waals surface area contributed by atoms with Gasteiger partial charge >= 0.3 is 0 Å². The first-order chi connectivity index (χ1) is 13.8. The average molecular weight is 422 g/mol. The standard InChI is InChI=1S/C19H23FN4O4S/c1-3-28-14-7-5-13(6-8-14)24-29(26,27)19-15(11-21-23-19)18(25)22-17-9-4-12(2)10-16(17)20/h4-10,15,19,21,23-24H,3,11H2,1-2H3,(H,22,25). The highest BCUT2D eigenvalue weighted by atomic mass is 32.2. The number of halogens is 1. The van der Waals surface area contributed by atoms with E-state index in [9.17, 15) is 17.6 Å². The molecule has 1 saturated heterocycles. The number of benzene rings is 2. The Morgan fingerprint density at radius 1 is 1.24 bits per heavy atom. The Bertz CT molecular complexity index is 982. The highest BCUT2D eigenvalue weighted by Crippen LogP contribution is 2.23. The van der Waals surface area contributed by atoms with Crippen molar-refractivity contribution in [2.24, 2.45) is 5.92 Å². The summed E-state index contributed by atoms with van der Waals surface area (Å²) in [6.45, 7) is 4.16. The van der Waals surface area contributed by atoms with E-state index in [2.05, 4.69) is 20.9 Å². The van der Waals surface area contributed by atoms with Crippen LogP contribution < -0.4 is 25.6 Å². The molecule has 1 fully saturated rings. The molecule has 2 aromatic carbocycles. The predicted octanol–water partition coefficient (Wildman–Crippen LogP) is 1.96. The van der Waals surface area contributed by atoms with E-state index < -0.39 is 33.0 Å². The van der Waals surface area contributed by atoms with Gasteiger partial charge in [0, 0.05) is 12.2 Å². The summed E-state index contributed by atoms with van der Waals surface area (Å²) >= 11 is 0. The third-order valence-corrected chi connectivity index (χ3v) is 6.05. The molecule has 1 aliphatic rings. The minimum absolute atomic E-state index is 0.00289. The van der Waals surface area contributed by atoms with E-state index in [0.717, 1.165) is 0 Å². The van der Waals surface area contributed by atoms with Gasteiger partial charge in [0.1, 0.15) is 11.6 Å². The molecule has 10 heteroatoms. The maximum atomic E-state index is 14.0. The first kappa shape index (κ1) is 21.0. The normalized spacial score (nSPS) is 19.0. The zero-order valence-corrected chi connectivity index (χ0v) is 16.8. The van der Waals surface area contributed by atoms with Crippen molar-refractivity contribution in [3.05, 3.63) is 53.8 Å².